The number of carbonyl (C=O) groups is 1. The molecule has 1 aromatic carbocycles. The minimum Gasteiger partial charge on any atom is -0.447 e. The summed E-state index contributed by atoms with van der Waals surface area (Å²) in [5.41, 5.74) is 1.03. The summed E-state index contributed by atoms with van der Waals surface area (Å²) in [6.45, 7) is 5.09. The van der Waals surface area contributed by atoms with E-state index in [0.29, 0.717) is 16.9 Å². The molecule has 3 aromatic rings. The molecule has 31 heavy (non-hydrogen) atoms. The third-order valence-electron chi connectivity index (χ3n) is 4.94. The average Bonchev–Trinajstić information content (AvgIpc) is 3.37. The summed E-state index contributed by atoms with van der Waals surface area (Å²) in [5, 5.41) is 16.9. The van der Waals surface area contributed by atoms with E-state index in [-0.39, 0.29) is 30.1 Å². The van der Waals surface area contributed by atoms with Crippen molar-refractivity contribution < 1.29 is 23.6 Å². The number of anilines is 2. The van der Waals surface area contributed by atoms with Crippen LogP contribution in [0, 0.1) is 12.7 Å². The molecule has 1 amide bonds. The molecule has 1 fully saturated rings. The summed E-state index contributed by atoms with van der Waals surface area (Å²) in [7, 11) is 0. The lowest BCUT2D eigenvalue weighted by Crippen LogP contribution is -2.41. The monoisotopic (exact) mass is 428 g/mol. The Hall–Kier alpha value is -3.60. The van der Waals surface area contributed by atoms with Crippen LogP contribution >= 0.6 is 0 Å². The van der Waals surface area contributed by atoms with Gasteiger partial charge in [0.1, 0.15) is 30.3 Å². The van der Waals surface area contributed by atoms with Crippen molar-refractivity contribution in [1.82, 2.24) is 20.1 Å². The molecule has 4 rings (SSSR count). The maximum absolute atomic E-state index is 13.8. The predicted octanol–water partition coefficient (Wildman–Crippen LogP) is 2.85. The van der Waals surface area contributed by atoms with Crippen LogP contribution in [-0.2, 0) is 4.74 Å². The molecule has 0 radical (unpaired) electrons. The van der Waals surface area contributed by atoms with Gasteiger partial charge in [-0.3, -0.25) is 4.90 Å². The Labute approximate surface area is 177 Å². The van der Waals surface area contributed by atoms with Crippen molar-refractivity contribution in [2.24, 2.45) is 0 Å². The second kappa shape index (κ2) is 8.26. The fourth-order valence-corrected chi connectivity index (χ4v) is 3.12. The molecule has 1 aliphatic rings. The van der Waals surface area contributed by atoms with E-state index >= 15 is 0 Å². The normalized spacial score (nSPS) is 18.0. The third kappa shape index (κ3) is 4.17. The first-order chi connectivity index (χ1) is 14.8. The highest BCUT2D eigenvalue weighted by Crippen LogP contribution is 2.25. The van der Waals surface area contributed by atoms with Crippen molar-refractivity contribution in [3.63, 3.8) is 0 Å². The number of benzene rings is 1. The molecular formula is C20H21FN6O4. The van der Waals surface area contributed by atoms with Gasteiger partial charge >= 0.3 is 6.09 Å². The third-order valence-corrected chi connectivity index (χ3v) is 4.94. The van der Waals surface area contributed by atoms with Crippen LogP contribution in [0.25, 0.3) is 11.4 Å². The zero-order valence-corrected chi connectivity index (χ0v) is 17.1. The van der Waals surface area contributed by atoms with Crippen molar-refractivity contribution in [2.45, 2.75) is 39.0 Å². The topological polar surface area (TPSA) is 127 Å². The first kappa shape index (κ1) is 20.7. The molecule has 3 heterocycles. The number of aliphatic hydroxyl groups excluding tert-OH is 1. The lowest BCUT2D eigenvalue weighted by molar-refractivity contribution is 0.142. The van der Waals surface area contributed by atoms with Crippen LogP contribution in [0.4, 0.5) is 21.0 Å². The van der Waals surface area contributed by atoms with E-state index in [9.17, 15) is 14.3 Å². The minimum absolute atomic E-state index is 0.0734. The van der Waals surface area contributed by atoms with Crippen molar-refractivity contribution in [3.8, 4) is 11.4 Å². The molecule has 10 nitrogen and oxygen atoms in total. The van der Waals surface area contributed by atoms with E-state index in [4.69, 9.17) is 9.26 Å². The molecule has 162 valence electrons. The van der Waals surface area contributed by atoms with Gasteiger partial charge in [-0.05, 0) is 38.5 Å². The van der Waals surface area contributed by atoms with E-state index in [0.717, 1.165) is 0 Å². The highest BCUT2D eigenvalue weighted by molar-refractivity contribution is 5.89. The average molecular weight is 428 g/mol. The summed E-state index contributed by atoms with van der Waals surface area (Å²) < 4.78 is 24.2. The smallest absolute Gasteiger partial charge is 0.416 e. The Kier molecular flexibility index (Phi) is 5.51. The maximum atomic E-state index is 13.8. The quantitative estimate of drug-likeness (QED) is 0.609. The molecule has 2 N–H and O–H groups in total. The fraction of sp³-hybridized carbons (Fsp3) is 0.350. The second-order valence-electron chi connectivity index (χ2n) is 7.28. The second-order valence-corrected chi connectivity index (χ2v) is 7.28. The molecule has 3 atom stereocenters. The van der Waals surface area contributed by atoms with Crippen molar-refractivity contribution >= 4 is 17.9 Å². The van der Waals surface area contributed by atoms with Gasteiger partial charge in [0.15, 0.2) is 0 Å². The number of nitrogens with zero attached hydrogens (tertiary/aromatic N) is 5. The summed E-state index contributed by atoms with van der Waals surface area (Å²) in [6, 6.07) is 5.25. The number of hydrogen-bond donors (Lipinski definition) is 2. The number of amides is 1. The lowest BCUT2D eigenvalue weighted by Gasteiger charge is -2.22. The number of aryl methyl sites for hydroxylation is 1. The molecule has 0 bridgehead atoms. The minimum atomic E-state index is -0.792. The van der Waals surface area contributed by atoms with Gasteiger partial charge in [0.2, 0.25) is 17.7 Å². The Balaban J connectivity index is 1.51. The number of carbonyl (C=O) groups excluding carboxylic acids is 1. The van der Waals surface area contributed by atoms with Crippen molar-refractivity contribution in [2.75, 3.05) is 16.8 Å². The standard InChI is InChI=1S/C20H21FN6O4/c1-10-4-5-13(8-14(10)21)17-25-18(31-26-17)11(2)23-19-22-7-6-16(24-19)27-15(12(3)28)9-30-20(27)29/h4-8,11-12,15,28H,9H2,1-3H3,(H,22,23,24)/t11?,12-,15?/m1/s1. The molecule has 1 aliphatic heterocycles. The Morgan fingerprint density at radius 2 is 2.10 bits per heavy atom. The molecule has 2 unspecified atom stereocenters. The zero-order valence-electron chi connectivity index (χ0n) is 17.1. The number of aromatic nitrogens is 4. The Morgan fingerprint density at radius 3 is 2.84 bits per heavy atom. The van der Waals surface area contributed by atoms with Crippen LogP contribution in [-0.4, -0.2) is 50.1 Å². The largest absolute Gasteiger partial charge is 0.447 e. The van der Waals surface area contributed by atoms with Gasteiger partial charge in [-0.25, -0.2) is 14.2 Å². The summed E-state index contributed by atoms with van der Waals surface area (Å²) in [6.07, 6.45) is 0.104. The highest BCUT2D eigenvalue weighted by Gasteiger charge is 2.38. The van der Waals surface area contributed by atoms with Crippen LogP contribution in [0.3, 0.4) is 0 Å². The number of halogens is 1. The molecular weight excluding hydrogens is 407 g/mol. The first-order valence-electron chi connectivity index (χ1n) is 9.67. The number of rotatable bonds is 6. The van der Waals surface area contributed by atoms with Crippen molar-refractivity contribution in [1.29, 1.82) is 0 Å². The molecule has 0 saturated carbocycles. The van der Waals surface area contributed by atoms with Gasteiger partial charge in [0, 0.05) is 11.8 Å². The van der Waals surface area contributed by atoms with E-state index in [2.05, 4.69) is 25.4 Å². The molecule has 0 aliphatic carbocycles. The molecule has 0 spiro atoms. The summed E-state index contributed by atoms with van der Waals surface area (Å²) in [4.78, 5) is 26.2. The van der Waals surface area contributed by atoms with E-state index in [1.165, 1.54) is 17.2 Å². The molecule has 2 aromatic heterocycles. The first-order valence-corrected chi connectivity index (χ1v) is 9.67. The lowest BCUT2D eigenvalue weighted by atomic mass is 10.1. The van der Waals surface area contributed by atoms with Crippen LogP contribution < -0.4 is 10.2 Å². The fourth-order valence-electron chi connectivity index (χ4n) is 3.12. The zero-order chi connectivity index (χ0) is 22.1. The number of nitrogens with one attached hydrogen (secondary N) is 1. The maximum Gasteiger partial charge on any atom is 0.416 e. The summed E-state index contributed by atoms with van der Waals surface area (Å²) >= 11 is 0. The van der Waals surface area contributed by atoms with Crippen LogP contribution in [0.1, 0.15) is 31.3 Å². The number of aliphatic hydroxyl groups is 1. The SMILES string of the molecule is Cc1ccc(-c2noc(C(C)Nc3nccc(N4C(=O)OCC4[C@@H](C)O)n3)n2)cc1F. The number of ether oxygens (including phenoxy) is 1. The van der Waals surface area contributed by atoms with Gasteiger partial charge in [-0.15, -0.1) is 0 Å². The van der Waals surface area contributed by atoms with E-state index in [1.807, 2.05) is 0 Å². The van der Waals surface area contributed by atoms with E-state index < -0.39 is 24.3 Å². The van der Waals surface area contributed by atoms with Crippen LogP contribution in [0.2, 0.25) is 0 Å². The van der Waals surface area contributed by atoms with Gasteiger partial charge in [0.25, 0.3) is 0 Å². The number of hydrogen-bond acceptors (Lipinski definition) is 9. The van der Waals surface area contributed by atoms with Crippen LogP contribution in [0.15, 0.2) is 35.0 Å². The van der Waals surface area contributed by atoms with Gasteiger partial charge in [0.05, 0.1) is 6.10 Å². The van der Waals surface area contributed by atoms with Crippen LogP contribution in [0.5, 0.6) is 0 Å². The Bertz CT molecular complexity index is 1100. The number of cyclic esters (lactones) is 1. The predicted molar refractivity (Wildman–Crippen MR) is 108 cm³/mol. The van der Waals surface area contributed by atoms with E-state index in [1.54, 1.807) is 39.0 Å². The van der Waals surface area contributed by atoms with Gasteiger partial charge in [-0.2, -0.15) is 9.97 Å². The van der Waals surface area contributed by atoms with Crippen molar-refractivity contribution in [3.05, 3.63) is 47.7 Å². The molecule has 1 saturated heterocycles. The Morgan fingerprint density at radius 1 is 1.29 bits per heavy atom. The highest BCUT2D eigenvalue weighted by atomic mass is 19.1. The van der Waals surface area contributed by atoms with Gasteiger partial charge < -0.3 is 19.7 Å². The molecule has 11 heteroatoms. The summed E-state index contributed by atoms with van der Waals surface area (Å²) in [5.74, 6) is 0.676. The van der Waals surface area contributed by atoms with Gasteiger partial charge in [-0.1, -0.05) is 17.3 Å².